The Kier molecular flexibility index (Phi) is 3.85. The van der Waals surface area contributed by atoms with Gasteiger partial charge in [0.1, 0.15) is 11.3 Å². The van der Waals surface area contributed by atoms with E-state index < -0.39 is 5.79 Å². The standard InChI is InChI=1S/C14H16O4S/c1-9(15)19-8-7-10-5-4-6-11-12(10)13(16)18-14(2,3)17-11/h4-6H,7-8H2,1-3H3. The lowest BCUT2D eigenvalue weighted by molar-refractivity contribution is -0.127. The van der Waals surface area contributed by atoms with Gasteiger partial charge >= 0.3 is 5.97 Å². The molecule has 102 valence electrons. The van der Waals surface area contributed by atoms with Gasteiger partial charge in [0.2, 0.25) is 5.79 Å². The lowest BCUT2D eigenvalue weighted by atomic mass is 10.0. The Morgan fingerprint density at radius 1 is 1.32 bits per heavy atom. The van der Waals surface area contributed by atoms with Crippen LogP contribution in [-0.4, -0.2) is 22.6 Å². The van der Waals surface area contributed by atoms with E-state index in [0.717, 1.165) is 5.56 Å². The number of carbonyl (C=O) groups is 2. The molecule has 19 heavy (non-hydrogen) atoms. The number of carbonyl (C=O) groups excluding carboxylic acids is 2. The van der Waals surface area contributed by atoms with Crippen molar-refractivity contribution in [3.8, 4) is 5.75 Å². The number of hydrogen-bond acceptors (Lipinski definition) is 5. The van der Waals surface area contributed by atoms with E-state index in [4.69, 9.17) is 9.47 Å². The van der Waals surface area contributed by atoms with E-state index in [9.17, 15) is 9.59 Å². The maximum atomic E-state index is 12.0. The van der Waals surface area contributed by atoms with E-state index in [-0.39, 0.29) is 11.1 Å². The fraction of sp³-hybridized carbons (Fsp3) is 0.429. The Hall–Kier alpha value is -1.49. The van der Waals surface area contributed by atoms with Gasteiger partial charge in [0.05, 0.1) is 0 Å². The van der Waals surface area contributed by atoms with Crippen LogP contribution in [0.2, 0.25) is 0 Å². The molecule has 0 atom stereocenters. The number of rotatable bonds is 3. The average Bonchev–Trinajstić information content (AvgIpc) is 2.26. The van der Waals surface area contributed by atoms with Crippen LogP contribution >= 0.6 is 11.8 Å². The first-order valence-corrected chi connectivity index (χ1v) is 7.05. The Morgan fingerprint density at radius 2 is 2.05 bits per heavy atom. The van der Waals surface area contributed by atoms with Crippen molar-refractivity contribution in [1.29, 1.82) is 0 Å². The number of fused-ring (bicyclic) bond motifs is 1. The molecule has 4 nitrogen and oxygen atoms in total. The number of benzene rings is 1. The predicted octanol–water partition coefficient (Wildman–Crippen LogP) is 2.79. The molecule has 0 aromatic heterocycles. The summed E-state index contributed by atoms with van der Waals surface area (Å²) in [5.41, 5.74) is 1.33. The molecule has 0 fully saturated rings. The maximum Gasteiger partial charge on any atom is 0.345 e. The first-order valence-electron chi connectivity index (χ1n) is 6.07. The monoisotopic (exact) mass is 280 g/mol. The molecule has 1 aliphatic rings. The zero-order valence-corrected chi connectivity index (χ0v) is 12.0. The summed E-state index contributed by atoms with van der Waals surface area (Å²) in [7, 11) is 0. The number of cyclic esters (lactones) is 1. The van der Waals surface area contributed by atoms with Gasteiger partial charge in [-0.1, -0.05) is 23.9 Å². The molecule has 0 radical (unpaired) electrons. The molecule has 1 aliphatic heterocycles. The highest BCUT2D eigenvalue weighted by atomic mass is 32.2. The Bertz CT molecular complexity index is 522. The molecular weight excluding hydrogens is 264 g/mol. The number of esters is 1. The summed E-state index contributed by atoms with van der Waals surface area (Å²) >= 11 is 1.25. The van der Waals surface area contributed by atoms with E-state index in [1.54, 1.807) is 19.9 Å². The van der Waals surface area contributed by atoms with E-state index in [2.05, 4.69) is 0 Å². The van der Waals surface area contributed by atoms with Crippen LogP contribution in [0.25, 0.3) is 0 Å². The van der Waals surface area contributed by atoms with Crippen molar-refractivity contribution in [1.82, 2.24) is 0 Å². The smallest absolute Gasteiger partial charge is 0.345 e. The summed E-state index contributed by atoms with van der Waals surface area (Å²) in [5.74, 6) is -0.111. The van der Waals surface area contributed by atoms with E-state index in [1.165, 1.54) is 18.7 Å². The highest BCUT2D eigenvalue weighted by molar-refractivity contribution is 8.13. The molecule has 0 saturated carbocycles. The topological polar surface area (TPSA) is 52.6 Å². The maximum absolute atomic E-state index is 12.0. The first kappa shape index (κ1) is 13.9. The zero-order chi connectivity index (χ0) is 14.0. The number of hydrogen-bond donors (Lipinski definition) is 0. The lowest BCUT2D eigenvalue weighted by Crippen LogP contribution is -2.39. The highest BCUT2D eigenvalue weighted by Crippen LogP contribution is 2.33. The Morgan fingerprint density at radius 3 is 2.74 bits per heavy atom. The predicted molar refractivity (Wildman–Crippen MR) is 73.4 cm³/mol. The van der Waals surface area contributed by atoms with Gasteiger partial charge in [0.15, 0.2) is 5.12 Å². The fourth-order valence-corrected chi connectivity index (χ4v) is 2.58. The fourth-order valence-electron chi connectivity index (χ4n) is 1.97. The van der Waals surface area contributed by atoms with Crippen molar-refractivity contribution in [3.63, 3.8) is 0 Å². The molecule has 0 unspecified atom stereocenters. The summed E-state index contributed by atoms with van der Waals surface area (Å²) < 4.78 is 10.9. The second-order valence-corrected chi connectivity index (χ2v) is 6.04. The summed E-state index contributed by atoms with van der Waals surface area (Å²) in [6.07, 6.45) is 0.631. The van der Waals surface area contributed by atoms with Crippen LogP contribution in [0.5, 0.6) is 5.75 Å². The molecular formula is C14H16O4S. The van der Waals surface area contributed by atoms with Gasteiger partial charge in [0, 0.05) is 26.5 Å². The minimum atomic E-state index is -0.934. The van der Waals surface area contributed by atoms with Crippen LogP contribution in [0.1, 0.15) is 36.7 Å². The molecule has 0 amide bonds. The molecule has 0 spiro atoms. The zero-order valence-electron chi connectivity index (χ0n) is 11.2. The molecule has 2 rings (SSSR count). The third-order valence-electron chi connectivity index (χ3n) is 2.69. The molecule has 0 saturated heterocycles. The van der Waals surface area contributed by atoms with Gasteiger partial charge in [-0.25, -0.2) is 4.79 Å². The van der Waals surface area contributed by atoms with Crippen LogP contribution < -0.4 is 4.74 Å². The molecule has 1 aromatic carbocycles. The van der Waals surface area contributed by atoms with Gasteiger partial charge in [-0.3, -0.25) is 4.79 Å². The average molecular weight is 280 g/mol. The Balaban J connectivity index is 2.23. The van der Waals surface area contributed by atoms with Gasteiger partial charge < -0.3 is 9.47 Å². The summed E-state index contributed by atoms with van der Waals surface area (Å²) in [6.45, 7) is 4.93. The number of thioether (sulfide) groups is 1. The SMILES string of the molecule is CC(=O)SCCc1cccc2c1C(=O)OC(C)(C)O2. The van der Waals surface area contributed by atoms with Gasteiger partial charge in [-0.05, 0) is 18.1 Å². The third-order valence-corrected chi connectivity index (χ3v) is 3.50. The Labute approximate surface area is 116 Å². The van der Waals surface area contributed by atoms with Crippen LogP contribution in [0, 0.1) is 0 Å². The quantitative estimate of drug-likeness (QED) is 0.797. The molecule has 0 N–H and O–H groups in total. The molecule has 1 aromatic rings. The van der Waals surface area contributed by atoms with Crippen LogP contribution in [0.15, 0.2) is 18.2 Å². The molecule has 0 bridgehead atoms. The molecule has 5 heteroatoms. The van der Waals surface area contributed by atoms with Crippen molar-refractivity contribution in [2.75, 3.05) is 5.75 Å². The van der Waals surface area contributed by atoms with Gasteiger partial charge in [-0.2, -0.15) is 0 Å². The minimum Gasteiger partial charge on any atom is -0.452 e. The highest BCUT2D eigenvalue weighted by Gasteiger charge is 2.35. The summed E-state index contributed by atoms with van der Waals surface area (Å²) in [6, 6.07) is 5.48. The second kappa shape index (κ2) is 5.25. The van der Waals surface area contributed by atoms with Crippen LogP contribution in [-0.2, 0) is 16.0 Å². The van der Waals surface area contributed by atoms with Crippen LogP contribution in [0.3, 0.4) is 0 Å². The van der Waals surface area contributed by atoms with Crippen LogP contribution in [0.4, 0.5) is 0 Å². The summed E-state index contributed by atoms with van der Waals surface area (Å²) in [5, 5.41) is 0.0739. The first-order chi connectivity index (χ1) is 8.89. The van der Waals surface area contributed by atoms with Crippen molar-refractivity contribution >= 4 is 22.8 Å². The van der Waals surface area contributed by atoms with Crippen molar-refractivity contribution < 1.29 is 19.1 Å². The normalized spacial score (nSPS) is 16.3. The van der Waals surface area contributed by atoms with Gasteiger partial charge in [-0.15, -0.1) is 0 Å². The van der Waals surface area contributed by atoms with Crippen molar-refractivity contribution in [3.05, 3.63) is 29.3 Å². The van der Waals surface area contributed by atoms with Gasteiger partial charge in [0.25, 0.3) is 0 Å². The van der Waals surface area contributed by atoms with E-state index in [0.29, 0.717) is 23.5 Å². The van der Waals surface area contributed by atoms with E-state index >= 15 is 0 Å². The van der Waals surface area contributed by atoms with Crippen molar-refractivity contribution in [2.45, 2.75) is 33.0 Å². The molecule has 1 heterocycles. The number of aryl methyl sites for hydroxylation is 1. The molecule has 0 aliphatic carbocycles. The minimum absolute atomic E-state index is 0.0739. The number of ether oxygens (including phenoxy) is 2. The lowest BCUT2D eigenvalue weighted by Gasteiger charge is -2.32. The second-order valence-electron chi connectivity index (χ2n) is 4.77. The van der Waals surface area contributed by atoms with Crippen molar-refractivity contribution in [2.24, 2.45) is 0 Å². The largest absolute Gasteiger partial charge is 0.452 e. The van der Waals surface area contributed by atoms with E-state index in [1.807, 2.05) is 12.1 Å². The third kappa shape index (κ3) is 3.29. The summed E-state index contributed by atoms with van der Waals surface area (Å²) in [4.78, 5) is 23.0.